The molecule has 0 spiro atoms. The van der Waals surface area contributed by atoms with Gasteiger partial charge in [-0.05, 0) is 31.2 Å². The molecule has 0 aromatic heterocycles. The molecule has 0 aliphatic carbocycles. The number of rotatable bonds is 7. The Labute approximate surface area is 117 Å². The van der Waals surface area contributed by atoms with Crippen LogP contribution < -0.4 is 5.32 Å². The normalized spacial score (nSPS) is 9.74. The van der Waals surface area contributed by atoms with Crippen molar-refractivity contribution in [1.29, 1.82) is 0 Å². The van der Waals surface area contributed by atoms with Gasteiger partial charge in [0, 0.05) is 11.4 Å². The molecule has 1 aromatic rings. The van der Waals surface area contributed by atoms with Gasteiger partial charge < -0.3 is 10.1 Å². The molecular formula is C14H17NO3S. The highest BCUT2D eigenvalue weighted by Gasteiger charge is 2.06. The molecular weight excluding hydrogens is 262 g/mol. The average Bonchev–Trinajstić information content (AvgIpc) is 2.40. The molecule has 0 bridgehead atoms. The Hall–Kier alpha value is -1.75. The van der Waals surface area contributed by atoms with Crippen LogP contribution in [0.15, 0.2) is 36.9 Å². The van der Waals surface area contributed by atoms with E-state index in [2.05, 4.69) is 11.9 Å². The molecule has 5 heteroatoms. The van der Waals surface area contributed by atoms with Crippen LogP contribution in [0.25, 0.3) is 0 Å². The highest BCUT2D eigenvalue weighted by Crippen LogP contribution is 2.11. The van der Waals surface area contributed by atoms with E-state index >= 15 is 0 Å². The molecule has 0 saturated carbocycles. The molecule has 19 heavy (non-hydrogen) atoms. The first-order valence-corrected chi connectivity index (χ1v) is 7.08. The summed E-state index contributed by atoms with van der Waals surface area (Å²) >= 11 is 1.49. The summed E-state index contributed by atoms with van der Waals surface area (Å²) in [6.07, 6.45) is 1.76. The SMILES string of the molecule is C=CCSCC(=O)Nc1ccc(C(=O)OCC)cc1. The summed E-state index contributed by atoms with van der Waals surface area (Å²) in [5.41, 5.74) is 1.14. The van der Waals surface area contributed by atoms with E-state index in [4.69, 9.17) is 4.74 Å². The molecule has 1 aromatic carbocycles. The molecule has 0 saturated heterocycles. The van der Waals surface area contributed by atoms with Crippen LogP contribution in [0.5, 0.6) is 0 Å². The average molecular weight is 279 g/mol. The zero-order valence-corrected chi connectivity index (χ0v) is 11.7. The number of hydrogen-bond donors (Lipinski definition) is 1. The molecule has 1 N–H and O–H groups in total. The molecule has 1 rings (SSSR count). The van der Waals surface area contributed by atoms with E-state index in [9.17, 15) is 9.59 Å². The van der Waals surface area contributed by atoms with Crippen molar-refractivity contribution >= 4 is 29.3 Å². The van der Waals surface area contributed by atoms with Gasteiger partial charge in [-0.25, -0.2) is 4.79 Å². The van der Waals surface area contributed by atoms with Gasteiger partial charge in [0.1, 0.15) is 0 Å². The van der Waals surface area contributed by atoms with Crippen LogP contribution >= 0.6 is 11.8 Å². The van der Waals surface area contributed by atoms with Crippen molar-refractivity contribution in [1.82, 2.24) is 0 Å². The molecule has 4 nitrogen and oxygen atoms in total. The van der Waals surface area contributed by atoms with Crippen molar-refractivity contribution in [2.75, 3.05) is 23.4 Å². The van der Waals surface area contributed by atoms with Gasteiger partial charge in [-0.2, -0.15) is 0 Å². The Balaban J connectivity index is 2.50. The van der Waals surface area contributed by atoms with E-state index in [1.54, 1.807) is 37.3 Å². The highest BCUT2D eigenvalue weighted by atomic mass is 32.2. The van der Waals surface area contributed by atoms with E-state index < -0.39 is 0 Å². The van der Waals surface area contributed by atoms with Crippen LogP contribution in [0.1, 0.15) is 17.3 Å². The van der Waals surface area contributed by atoms with Gasteiger partial charge in [-0.15, -0.1) is 18.3 Å². The molecule has 0 heterocycles. The summed E-state index contributed by atoms with van der Waals surface area (Å²) in [7, 11) is 0. The van der Waals surface area contributed by atoms with Crippen LogP contribution in [-0.4, -0.2) is 30.0 Å². The van der Waals surface area contributed by atoms with E-state index in [-0.39, 0.29) is 11.9 Å². The Morgan fingerprint density at radius 3 is 2.63 bits per heavy atom. The first-order valence-electron chi connectivity index (χ1n) is 5.93. The van der Waals surface area contributed by atoms with Crippen LogP contribution in [0.3, 0.4) is 0 Å². The van der Waals surface area contributed by atoms with Crippen molar-refractivity contribution in [2.45, 2.75) is 6.92 Å². The number of esters is 1. The number of ether oxygens (including phenoxy) is 1. The maximum Gasteiger partial charge on any atom is 0.338 e. The van der Waals surface area contributed by atoms with Gasteiger partial charge in [-0.3, -0.25) is 4.79 Å². The molecule has 0 fully saturated rings. The molecule has 1 amide bonds. The van der Waals surface area contributed by atoms with Gasteiger partial charge in [0.2, 0.25) is 5.91 Å². The number of benzene rings is 1. The number of carbonyl (C=O) groups excluding carboxylic acids is 2. The zero-order valence-electron chi connectivity index (χ0n) is 10.8. The quantitative estimate of drug-likeness (QED) is 0.474. The lowest BCUT2D eigenvalue weighted by Gasteiger charge is -2.06. The van der Waals surface area contributed by atoms with Crippen molar-refractivity contribution in [2.24, 2.45) is 0 Å². The maximum absolute atomic E-state index is 11.6. The smallest absolute Gasteiger partial charge is 0.338 e. The monoisotopic (exact) mass is 279 g/mol. The first-order chi connectivity index (χ1) is 9.17. The standard InChI is InChI=1S/C14H17NO3S/c1-3-9-19-10-13(16)15-12-7-5-11(6-8-12)14(17)18-4-2/h3,5-8H,1,4,9-10H2,2H3,(H,15,16). The third kappa shape index (κ3) is 5.61. The van der Waals surface area contributed by atoms with E-state index in [1.165, 1.54) is 11.8 Å². The number of amides is 1. The molecule has 102 valence electrons. The summed E-state index contributed by atoms with van der Waals surface area (Å²) in [6, 6.07) is 6.62. The number of nitrogens with one attached hydrogen (secondary N) is 1. The predicted octanol–water partition coefficient (Wildman–Crippen LogP) is 2.72. The Morgan fingerprint density at radius 1 is 1.37 bits per heavy atom. The van der Waals surface area contributed by atoms with Gasteiger partial charge in [0.05, 0.1) is 17.9 Å². The lowest BCUT2D eigenvalue weighted by Crippen LogP contribution is -2.14. The van der Waals surface area contributed by atoms with E-state index in [0.29, 0.717) is 23.6 Å². The van der Waals surface area contributed by atoms with Crippen molar-refractivity contribution in [3.8, 4) is 0 Å². The predicted molar refractivity (Wildman–Crippen MR) is 78.6 cm³/mol. The lowest BCUT2D eigenvalue weighted by molar-refractivity contribution is -0.113. The third-order valence-corrected chi connectivity index (χ3v) is 3.09. The highest BCUT2D eigenvalue weighted by molar-refractivity contribution is 8.00. The Morgan fingerprint density at radius 2 is 2.05 bits per heavy atom. The second-order valence-electron chi connectivity index (χ2n) is 3.65. The summed E-state index contributed by atoms with van der Waals surface area (Å²) in [5, 5.41) is 2.75. The van der Waals surface area contributed by atoms with Gasteiger partial charge in [0.15, 0.2) is 0 Å². The zero-order chi connectivity index (χ0) is 14.1. The van der Waals surface area contributed by atoms with Gasteiger partial charge in [-0.1, -0.05) is 6.08 Å². The van der Waals surface area contributed by atoms with Crippen molar-refractivity contribution in [3.05, 3.63) is 42.5 Å². The fourth-order valence-corrected chi connectivity index (χ4v) is 1.88. The Bertz CT molecular complexity index is 443. The fourth-order valence-electron chi connectivity index (χ4n) is 1.34. The second-order valence-corrected chi connectivity index (χ2v) is 4.68. The minimum absolute atomic E-state index is 0.0734. The van der Waals surface area contributed by atoms with Crippen molar-refractivity contribution < 1.29 is 14.3 Å². The van der Waals surface area contributed by atoms with E-state index in [1.807, 2.05) is 0 Å². The molecule has 0 atom stereocenters. The van der Waals surface area contributed by atoms with Crippen LogP contribution in [0.4, 0.5) is 5.69 Å². The molecule has 0 unspecified atom stereocenters. The summed E-state index contributed by atoms with van der Waals surface area (Å²) < 4.78 is 4.88. The topological polar surface area (TPSA) is 55.4 Å². The molecule has 0 aliphatic heterocycles. The minimum atomic E-state index is -0.359. The fraction of sp³-hybridized carbons (Fsp3) is 0.286. The number of anilines is 1. The van der Waals surface area contributed by atoms with Crippen LogP contribution in [-0.2, 0) is 9.53 Å². The second kappa shape index (κ2) is 8.37. The minimum Gasteiger partial charge on any atom is -0.462 e. The Kier molecular flexibility index (Phi) is 6.74. The van der Waals surface area contributed by atoms with Crippen molar-refractivity contribution in [3.63, 3.8) is 0 Å². The maximum atomic E-state index is 11.6. The van der Waals surface area contributed by atoms with Crippen LogP contribution in [0.2, 0.25) is 0 Å². The van der Waals surface area contributed by atoms with E-state index in [0.717, 1.165) is 5.75 Å². The van der Waals surface area contributed by atoms with Crippen LogP contribution in [0, 0.1) is 0 Å². The molecule has 0 radical (unpaired) electrons. The largest absolute Gasteiger partial charge is 0.462 e. The molecule has 0 aliphatic rings. The summed E-state index contributed by atoms with van der Waals surface area (Å²) in [4.78, 5) is 23.0. The van der Waals surface area contributed by atoms with Gasteiger partial charge >= 0.3 is 5.97 Å². The number of thioether (sulfide) groups is 1. The number of hydrogen-bond acceptors (Lipinski definition) is 4. The summed E-state index contributed by atoms with van der Waals surface area (Å²) in [6.45, 7) is 5.69. The number of carbonyl (C=O) groups is 2. The van der Waals surface area contributed by atoms with Gasteiger partial charge in [0.25, 0.3) is 0 Å². The first kappa shape index (κ1) is 15.3. The third-order valence-electron chi connectivity index (χ3n) is 2.15. The lowest BCUT2D eigenvalue weighted by atomic mass is 10.2. The summed E-state index contributed by atoms with van der Waals surface area (Å²) in [5.74, 6) is 0.693.